The molecular formula is C27H29FN2O2S2. The fourth-order valence-corrected chi connectivity index (χ4v) is 8.30. The molecule has 4 nitrogen and oxygen atoms in total. The summed E-state index contributed by atoms with van der Waals surface area (Å²) >= 11 is 7.15. The summed E-state index contributed by atoms with van der Waals surface area (Å²) in [6.07, 6.45) is 9.80. The third-order valence-electron chi connectivity index (χ3n) is 8.18. The number of carbonyl (C=O) groups is 1. The van der Waals surface area contributed by atoms with Gasteiger partial charge in [-0.2, -0.15) is 0 Å². The van der Waals surface area contributed by atoms with Gasteiger partial charge >= 0.3 is 0 Å². The Morgan fingerprint density at radius 1 is 1.12 bits per heavy atom. The lowest BCUT2D eigenvalue weighted by Gasteiger charge is -2.56. The van der Waals surface area contributed by atoms with Gasteiger partial charge in [0.2, 0.25) is 0 Å². The molecular weight excluding hydrogens is 467 g/mol. The molecule has 1 saturated heterocycles. The smallest absolute Gasteiger partial charge is 0.266 e. The van der Waals surface area contributed by atoms with Gasteiger partial charge in [-0.3, -0.25) is 9.69 Å². The van der Waals surface area contributed by atoms with E-state index in [-0.39, 0.29) is 17.8 Å². The minimum atomic E-state index is -0.285. The van der Waals surface area contributed by atoms with E-state index in [9.17, 15) is 9.18 Å². The molecule has 5 fully saturated rings. The lowest BCUT2D eigenvalue weighted by Crippen LogP contribution is -2.57. The zero-order chi connectivity index (χ0) is 23.4. The fourth-order valence-electron chi connectivity index (χ4n) is 6.98. The minimum absolute atomic E-state index is 0.0250. The largest absolute Gasteiger partial charge is 0.456 e. The molecule has 4 saturated carbocycles. The maximum Gasteiger partial charge on any atom is 0.266 e. The third-order valence-corrected chi connectivity index (χ3v) is 9.51. The summed E-state index contributed by atoms with van der Waals surface area (Å²) in [5, 5.41) is 0. The molecule has 34 heavy (non-hydrogen) atoms. The van der Waals surface area contributed by atoms with Crippen molar-refractivity contribution in [3.05, 3.63) is 52.4 Å². The Balaban J connectivity index is 1.30. The molecule has 0 spiro atoms. The highest BCUT2D eigenvalue weighted by molar-refractivity contribution is 8.26. The van der Waals surface area contributed by atoms with Gasteiger partial charge in [0.05, 0.1) is 4.91 Å². The summed E-state index contributed by atoms with van der Waals surface area (Å²) in [4.78, 5) is 16.2. The average Bonchev–Trinajstić information content (AvgIpc) is 3.33. The Hall–Kier alpha value is -1.96. The van der Waals surface area contributed by atoms with Crippen molar-refractivity contribution in [2.24, 2.45) is 29.4 Å². The summed E-state index contributed by atoms with van der Waals surface area (Å²) in [6.45, 7) is 0.574. The summed E-state index contributed by atoms with van der Waals surface area (Å²) in [5.74, 6) is 3.95. The van der Waals surface area contributed by atoms with Gasteiger partial charge in [0.15, 0.2) is 0 Å². The van der Waals surface area contributed by atoms with Crippen molar-refractivity contribution in [2.45, 2.75) is 51.0 Å². The number of nitrogens with zero attached hydrogens (tertiary/aromatic N) is 1. The van der Waals surface area contributed by atoms with E-state index in [4.69, 9.17) is 22.4 Å². The Bertz CT molecular complexity index is 1130. The van der Waals surface area contributed by atoms with Crippen molar-refractivity contribution in [1.82, 2.24) is 4.90 Å². The number of thiocarbonyl (C=S) groups is 1. The molecule has 2 heterocycles. The van der Waals surface area contributed by atoms with Crippen LogP contribution in [-0.4, -0.2) is 27.7 Å². The normalized spacial score (nSPS) is 31.3. The number of aryl methyl sites for hydroxylation is 1. The van der Waals surface area contributed by atoms with Crippen molar-refractivity contribution in [1.29, 1.82) is 0 Å². The molecule has 2 N–H and O–H groups in total. The van der Waals surface area contributed by atoms with Crippen LogP contribution in [0.4, 0.5) is 4.39 Å². The van der Waals surface area contributed by atoms with E-state index >= 15 is 0 Å². The molecule has 4 aliphatic carbocycles. The Labute approximate surface area is 209 Å². The van der Waals surface area contributed by atoms with E-state index in [1.165, 1.54) is 56.0 Å². The van der Waals surface area contributed by atoms with E-state index in [0.717, 1.165) is 35.8 Å². The first-order valence-corrected chi connectivity index (χ1v) is 13.6. The summed E-state index contributed by atoms with van der Waals surface area (Å²) < 4.78 is 20.3. The molecule has 1 aromatic heterocycles. The van der Waals surface area contributed by atoms with E-state index in [1.807, 2.05) is 17.0 Å². The van der Waals surface area contributed by atoms with Crippen LogP contribution in [0.25, 0.3) is 17.4 Å². The second kappa shape index (κ2) is 8.92. The number of hydrogen-bond acceptors (Lipinski definition) is 5. The first-order valence-electron chi connectivity index (χ1n) is 12.4. The zero-order valence-corrected chi connectivity index (χ0v) is 20.7. The minimum Gasteiger partial charge on any atom is -0.456 e. The van der Waals surface area contributed by atoms with E-state index in [1.54, 1.807) is 12.1 Å². The molecule has 178 valence electrons. The molecule has 1 aromatic carbocycles. The maximum atomic E-state index is 13.6. The van der Waals surface area contributed by atoms with Crippen molar-refractivity contribution < 1.29 is 13.6 Å². The van der Waals surface area contributed by atoms with Gasteiger partial charge in [0.1, 0.15) is 21.7 Å². The lowest BCUT2D eigenvalue weighted by atomic mass is 9.54. The number of furan rings is 1. The molecule has 0 atom stereocenters. The van der Waals surface area contributed by atoms with Gasteiger partial charge in [-0.1, -0.05) is 24.0 Å². The van der Waals surface area contributed by atoms with Crippen molar-refractivity contribution in [3.8, 4) is 11.3 Å². The van der Waals surface area contributed by atoms with E-state index in [2.05, 4.69) is 0 Å². The Morgan fingerprint density at radius 3 is 2.44 bits per heavy atom. The molecule has 4 bridgehead atoms. The third kappa shape index (κ3) is 3.95. The highest BCUT2D eigenvalue weighted by atomic mass is 32.2. The van der Waals surface area contributed by atoms with Gasteiger partial charge in [-0.25, -0.2) is 4.39 Å². The Kier molecular flexibility index (Phi) is 5.90. The van der Waals surface area contributed by atoms with Crippen LogP contribution in [0.15, 0.2) is 39.7 Å². The van der Waals surface area contributed by atoms with Crippen LogP contribution in [-0.2, 0) is 11.2 Å². The number of nitrogens with two attached hydrogens (primary N) is 1. The van der Waals surface area contributed by atoms with Gasteiger partial charge in [0.25, 0.3) is 5.91 Å². The highest BCUT2D eigenvalue weighted by Crippen LogP contribution is 2.56. The van der Waals surface area contributed by atoms with Gasteiger partial charge in [0, 0.05) is 17.7 Å². The van der Waals surface area contributed by atoms with Crippen LogP contribution >= 0.6 is 24.0 Å². The first-order chi connectivity index (χ1) is 16.5. The summed E-state index contributed by atoms with van der Waals surface area (Å²) in [7, 11) is 0. The quantitative estimate of drug-likeness (QED) is 0.392. The highest BCUT2D eigenvalue weighted by Gasteiger charge is 2.53. The summed E-state index contributed by atoms with van der Waals surface area (Å²) in [5.41, 5.74) is 7.56. The molecule has 7 heteroatoms. The van der Waals surface area contributed by atoms with E-state index in [0.29, 0.717) is 39.1 Å². The number of halogens is 1. The number of benzene rings is 1. The predicted octanol–water partition coefficient (Wildman–Crippen LogP) is 6.00. The van der Waals surface area contributed by atoms with Crippen molar-refractivity contribution >= 4 is 40.3 Å². The first kappa shape index (κ1) is 22.5. The van der Waals surface area contributed by atoms with Crippen LogP contribution in [0.3, 0.4) is 0 Å². The van der Waals surface area contributed by atoms with Gasteiger partial charge in [-0.15, -0.1) is 0 Å². The zero-order valence-electron chi connectivity index (χ0n) is 19.0. The number of rotatable bonds is 6. The summed E-state index contributed by atoms with van der Waals surface area (Å²) in [6, 6.07) is 8.50. The molecule has 1 amide bonds. The van der Waals surface area contributed by atoms with Gasteiger partial charge < -0.3 is 10.2 Å². The monoisotopic (exact) mass is 496 g/mol. The molecule has 7 rings (SSSR count). The Morgan fingerprint density at radius 2 is 1.79 bits per heavy atom. The number of amides is 1. The van der Waals surface area contributed by atoms with Crippen LogP contribution in [0, 0.1) is 29.5 Å². The van der Waals surface area contributed by atoms with Crippen LogP contribution in [0.1, 0.15) is 49.8 Å². The van der Waals surface area contributed by atoms with Crippen LogP contribution in [0.2, 0.25) is 0 Å². The standard InChI is InChI=1S/C27H29FN2O2S2/c28-21-5-3-17(4-6-21)22-13-18(2-1-7-29)23(32-22)14-24-26(31)30(27(33)34-24)25-19-9-15-8-16(11-19)12-20(25)10-15/h3-6,13-16,19-20,25H,1-2,7-12,29H2/b24-14-. The predicted molar refractivity (Wildman–Crippen MR) is 137 cm³/mol. The lowest BCUT2D eigenvalue weighted by molar-refractivity contribution is -0.130. The maximum absolute atomic E-state index is 13.6. The molecule has 1 aliphatic heterocycles. The fraction of sp³-hybridized carbons (Fsp3) is 0.481. The second-order valence-electron chi connectivity index (χ2n) is 10.4. The molecule has 5 aliphatic rings. The second-order valence-corrected chi connectivity index (χ2v) is 12.0. The van der Waals surface area contributed by atoms with E-state index < -0.39 is 0 Å². The van der Waals surface area contributed by atoms with Gasteiger partial charge in [-0.05, 0) is 111 Å². The number of thioether (sulfide) groups is 1. The number of hydrogen-bond donors (Lipinski definition) is 1. The van der Waals surface area contributed by atoms with Crippen LogP contribution < -0.4 is 5.73 Å². The van der Waals surface area contributed by atoms with Crippen molar-refractivity contribution in [3.63, 3.8) is 0 Å². The average molecular weight is 497 g/mol. The van der Waals surface area contributed by atoms with Crippen LogP contribution in [0.5, 0.6) is 0 Å². The molecule has 0 radical (unpaired) electrons. The molecule has 2 aromatic rings. The van der Waals surface area contributed by atoms with Crippen molar-refractivity contribution in [2.75, 3.05) is 6.54 Å². The number of carbonyl (C=O) groups excluding carboxylic acids is 1. The molecule has 0 unspecified atom stereocenters. The topological polar surface area (TPSA) is 59.5 Å². The SMILES string of the molecule is NCCCc1cc(-c2ccc(F)cc2)oc1/C=C1\SC(=S)N(C2C3CC4CC(C3)CC2C4)C1=O.